The first-order valence-corrected chi connectivity index (χ1v) is 5.04. The number of rotatable bonds is 2. The number of hydrogen-bond acceptors (Lipinski definition) is 2. The van der Waals surface area contributed by atoms with E-state index in [-0.39, 0.29) is 0 Å². The van der Waals surface area contributed by atoms with Crippen molar-refractivity contribution in [3.05, 3.63) is 16.9 Å². The van der Waals surface area contributed by atoms with E-state index in [1.165, 1.54) is 6.42 Å². The Balaban J connectivity index is 2.00. The van der Waals surface area contributed by atoms with Crippen LogP contribution in [0.4, 0.5) is 0 Å². The van der Waals surface area contributed by atoms with Gasteiger partial charge in [0.15, 0.2) is 0 Å². The van der Waals surface area contributed by atoms with Crippen LogP contribution in [0.5, 0.6) is 0 Å². The van der Waals surface area contributed by atoms with E-state index in [1.54, 1.807) is 0 Å². The molecule has 0 aromatic carbocycles. The second kappa shape index (κ2) is 3.68. The maximum absolute atomic E-state index is 5.92. The van der Waals surface area contributed by atoms with Crippen LogP contribution in [0.2, 0.25) is 5.02 Å². The van der Waals surface area contributed by atoms with Gasteiger partial charge in [0.2, 0.25) is 0 Å². The Morgan fingerprint density at radius 1 is 1.77 bits per heavy atom. The third-order valence-corrected chi connectivity index (χ3v) is 2.87. The van der Waals surface area contributed by atoms with Gasteiger partial charge in [0.05, 0.1) is 10.7 Å². The van der Waals surface area contributed by atoms with Gasteiger partial charge in [-0.15, -0.1) is 0 Å². The minimum absolute atomic E-state index is 0.718. The van der Waals surface area contributed by atoms with Gasteiger partial charge in [-0.3, -0.25) is 4.68 Å². The SMILES string of the molecule is Cc1nn(CC2CCNC2)cc1Cl. The Morgan fingerprint density at radius 2 is 2.62 bits per heavy atom. The molecule has 0 saturated carbocycles. The maximum Gasteiger partial charge on any atom is 0.0814 e. The number of hydrogen-bond donors (Lipinski definition) is 1. The summed E-state index contributed by atoms with van der Waals surface area (Å²) in [4.78, 5) is 0. The van der Waals surface area contributed by atoms with E-state index in [1.807, 2.05) is 17.8 Å². The molecule has 1 aliphatic heterocycles. The molecule has 72 valence electrons. The van der Waals surface area contributed by atoms with Crippen LogP contribution in [-0.4, -0.2) is 22.9 Å². The van der Waals surface area contributed by atoms with Crippen LogP contribution in [0, 0.1) is 12.8 Å². The van der Waals surface area contributed by atoms with Crippen LogP contribution >= 0.6 is 11.6 Å². The molecule has 2 rings (SSSR count). The molecule has 0 radical (unpaired) electrons. The lowest BCUT2D eigenvalue weighted by Gasteiger charge is -2.07. The molecule has 2 heterocycles. The molecule has 1 unspecified atom stereocenters. The van der Waals surface area contributed by atoms with Crippen LogP contribution in [0.1, 0.15) is 12.1 Å². The Kier molecular flexibility index (Phi) is 2.56. The Labute approximate surface area is 83.1 Å². The molecule has 1 aromatic rings. The molecule has 0 spiro atoms. The number of aromatic nitrogens is 2. The zero-order valence-corrected chi connectivity index (χ0v) is 8.51. The monoisotopic (exact) mass is 199 g/mol. The van der Waals surface area contributed by atoms with Crippen molar-refractivity contribution < 1.29 is 0 Å². The van der Waals surface area contributed by atoms with E-state index in [0.717, 1.165) is 36.3 Å². The lowest BCUT2D eigenvalue weighted by atomic mass is 10.1. The van der Waals surface area contributed by atoms with Crippen molar-refractivity contribution in [1.82, 2.24) is 15.1 Å². The van der Waals surface area contributed by atoms with E-state index in [9.17, 15) is 0 Å². The molecule has 1 saturated heterocycles. The third-order valence-electron chi connectivity index (χ3n) is 2.49. The van der Waals surface area contributed by atoms with Gasteiger partial charge < -0.3 is 5.32 Å². The second-order valence-corrected chi connectivity index (χ2v) is 4.05. The molecular formula is C9H14ClN3. The van der Waals surface area contributed by atoms with Crippen molar-refractivity contribution in [3.8, 4) is 0 Å². The van der Waals surface area contributed by atoms with Crippen molar-refractivity contribution >= 4 is 11.6 Å². The fourth-order valence-electron chi connectivity index (χ4n) is 1.72. The van der Waals surface area contributed by atoms with Gasteiger partial charge in [-0.25, -0.2) is 0 Å². The van der Waals surface area contributed by atoms with Gasteiger partial charge >= 0.3 is 0 Å². The summed E-state index contributed by atoms with van der Waals surface area (Å²) >= 11 is 5.92. The summed E-state index contributed by atoms with van der Waals surface area (Å²) in [6.07, 6.45) is 3.16. The highest BCUT2D eigenvalue weighted by Crippen LogP contribution is 2.15. The first-order valence-electron chi connectivity index (χ1n) is 4.66. The van der Waals surface area contributed by atoms with Crippen molar-refractivity contribution in [2.24, 2.45) is 5.92 Å². The molecule has 3 nitrogen and oxygen atoms in total. The average Bonchev–Trinajstić information content (AvgIpc) is 2.64. The number of halogens is 1. The zero-order chi connectivity index (χ0) is 9.26. The summed E-state index contributed by atoms with van der Waals surface area (Å²) in [6, 6.07) is 0. The third kappa shape index (κ3) is 2.03. The van der Waals surface area contributed by atoms with E-state index in [0.29, 0.717) is 0 Å². The van der Waals surface area contributed by atoms with Gasteiger partial charge in [-0.1, -0.05) is 11.6 Å². The summed E-state index contributed by atoms with van der Waals surface area (Å²) in [5.74, 6) is 0.718. The molecule has 0 bridgehead atoms. The molecule has 4 heteroatoms. The van der Waals surface area contributed by atoms with Crippen LogP contribution in [0.15, 0.2) is 6.20 Å². The Hall–Kier alpha value is -0.540. The number of nitrogens with one attached hydrogen (secondary N) is 1. The lowest BCUT2D eigenvalue weighted by molar-refractivity contribution is 0.448. The van der Waals surface area contributed by atoms with E-state index in [4.69, 9.17) is 11.6 Å². The van der Waals surface area contributed by atoms with Gasteiger partial charge in [0.25, 0.3) is 0 Å². The number of aryl methyl sites for hydroxylation is 1. The Morgan fingerprint density at radius 3 is 3.15 bits per heavy atom. The molecule has 13 heavy (non-hydrogen) atoms. The summed E-state index contributed by atoms with van der Waals surface area (Å²) in [7, 11) is 0. The molecule has 1 fully saturated rings. The predicted octanol–water partition coefficient (Wildman–Crippen LogP) is 1.45. The summed E-state index contributed by atoms with van der Waals surface area (Å²) in [6.45, 7) is 5.17. The zero-order valence-electron chi connectivity index (χ0n) is 7.76. The average molecular weight is 200 g/mol. The number of nitrogens with zero attached hydrogens (tertiary/aromatic N) is 2. The molecule has 1 N–H and O–H groups in total. The normalized spacial score (nSPS) is 22.5. The van der Waals surface area contributed by atoms with Crippen molar-refractivity contribution in [3.63, 3.8) is 0 Å². The van der Waals surface area contributed by atoms with Crippen LogP contribution in [0.3, 0.4) is 0 Å². The highest BCUT2D eigenvalue weighted by atomic mass is 35.5. The van der Waals surface area contributed by atoms with Crippen LogP contribution in [0.25, 0.3) is 0 Å². The lowest BCUT2D eigenvalue weighted by Crippen LogP contribution is -2.14. The van der Waals surface area contributed by atoms with Gasteiger partial charge in [-0.05, 0) is 32.4 Å². The molecular weight excluding hydrogens is 186 g/mol. The van der Waals surface area contributed by atoms with Crippen molar-refractivity contribution in [1.29, 1.82) is 0 Å². The van der Waals surface area contributed by atoms with Crippen LogP contribution in [-0.2, 0) is 6.54 Å². The maximum atomic E-state index is 5.92. The van der Waals surface area contributed by atoms with Crippen molar-refractivity contribution in [2.75, 3.05) is 13.1 Å². The van der Waals surface area contributed by atoms with Crippen LogP contribution < -0.4 is 5.32 Å². The first kappa shape index (κ1) is 9.03. The highest BCUT2D eigenvalue weighted by molar-refractivity contribution is 6.31. The van der Waals surface area contributed by atoms with E-state index < -0.39 is 0 Å². The second-order valence-electron chi connectivity index (χ2n) is 3.64. The highest BCUT2D eigenvalue weighted by Gasteiger charge is 2.15. The fourth-order valence-corrected chi connectivity index (χ4v) is 1.87. The molecule has 0 amide bonds. The summed E-state index contributed by atoms with van der Waals surface area (Å²) < 4.78 is 1.95. The topological polar surface area (TPSA) is 29.9 Å². The Bertz CT molecular complexity index is 270. The molecule has 1 aliphatic rings. The largest absolute Gasteiger partial charge is 0.316 e. The summed E-state index contributed by atoms with van der Waals surface area (Å²) in [5.41, 5.74) is 0.924. The van der Waals surface area contributed by atoms with Gasteiger partial charge in [-0.2, -0.15) is 5.10 Å². The first-order chi connectivity index (χ1) is 6.25. The van der Waals surface area contributed by atoms with E-state index in [2.05, 4.69) is 10.4 Å². The van der Waals surface area contributed by atoms with Crippen molar-refractivity contribution in [2.45, 2.75) is 19.9 Å². The minimum atomic E-state index is 0.718. The quantitative estimate of drug-likeness (QED) is 0.782. The molecule has 1 atom stereocenters. The van der Waals surface area contributed by atoms with Gasteiger partial charge in [0.1, 0.15) is 0 Å². The summed E-state index contributed by atoms with van der Waals surface area (Å²) in [5, 5.41) is 8.44. The standard InChI is InChI=1S/C9H14ClN3/c1-7-9(10)6-13(12-7)5-8-2-3-11-4-8/h6,8,11H,2-5H2,1H3. The fraction of sp³-hybridized carbons (Fsp3) is 0.667. The van der Waals surface area contributed by atoms with Gasteiger partial charge in [0, 0.05) is 12.7 Å². The predicted molar refractivity (Wildman–Crippen MR) is 53.0 cm³/mol. The smallest absolute Gasteiger partial charge is 0.0814 e. The van der Waals surface area contributed by atoms with E-state index >= 15 is 0 Å². The molecule has 0 aliphatic carbocycles. The minimum Gasteiger partial charge on any atom is -0.316 e. The molecule has 1 aromatic heterocycles.